The van der Waals surface area contributed by atoms with E-state index in [1.165, 1.54) is 29.7 Å². The molecule has 0 heterocycles. The molecule has 0 aliphatic carbocycles. The predicted octanol–water partition coefficient (Wildman–Crippen LogP) is 1.22. The second-order valence-electron chi connectivity index (χ2n) is 4.64. The molecule has 0 unspecified atom stereocenters. The average Bonchev–Trinajstić information content (AvgIpc) is 2.55. The second kappa shape index (κ2) is 7.03. The van der Waals surface area contributed by atoms with Crippen molar-refractivity contribution in [1.29, 1.82) is 0 Å². The van der Waals surface area contributed by atoms with Crippen LogP contribution >= 0.6 is 0 Å². The first kappa shape index (κ1) is 16.7. The first-order chi connectivity index (χ1) is 10.9. The van der Waals surface area contributed by atoms with Gasteiger partial charge in [0.15, 0.2) is 9.84 Å². The molecular formula is C15H14N2O5S. The van der Waals surface area contributed by atoms with E-state index in [4.69, 9.17) is 5.21 Å². The van der Waals surface area contributed by atoms with E-state index in [1.54, 1.807) is 30.3 Å². The van der Waals surface area contributed by atoms with Gasteiger partial charge in [-0.1, -0.05) is 18.2 Å². The quantitative estimate of drug-likeness (QED) is 0.562. The van der Waals surface area contributed by atoms with Gasteiger partial charge in [0.2, 0.25) is 0 Å². The number of anilines is 1. The Morgan fingerprint density at radius 3 is 2.13 bits per heavy atom. The van der Waals surface area contributed by atoms with Crippen LogP contribution in [0.15, 0.2) is 59.5 Å². The number of sulfone groups is 1. The smallest absolute Gasteiger partial charge is 0.258 e. The van der Waals surface area contributed by atoms with Crippen LogP contribution in [0, 0.1) is 0 Å². The molecule has 0 bridgehead atoms. The topological polar surface area (TPSA) is 113 Å². The van der Waals surface area contributed by atoms with Gasteiger partial charge in [-0.25, -0.2) is 13.9 Å². The lowest BCUT2D eigenvalue weighted by Gasteiger charge is -2.07. The summed E-state index contributed by atoms with van der Waals surface area (Å²) in [5.41, 5.74) is 2.17. The standard InChI is InChI=1S/C15H14N2O5S/c18-14(17-20)10-23(21,22)13-8-6-12(7-9-13)16-15(19)11-4-2-1-3-5-11/h1-9,20H,10H2,(H,16,19)(H,17,18). The SMILES string of the molecule is O=C(CS(=O)(=O)c1ccc(NC(=O)c2ccccc2)cc1)NO. The molecule has 2 aromatic rings. The maximum absolute atomic E-state index is 12.0. The van der Waals surface area contributed by atoms with Crippen molar-refractivity contribution < 1.29 is 23.2 Å². The van der Waals surface area contributed by atoms with E-state index in [9.17, 15) is 18.0 Å². The van der Waals surface area contributed by atoms with Gasteiger partial charge in [-0.05, 0) is 36.4 Å². The van der Waals surface area contributed by atoms with Crippen LogP contribution in [0.25, 0.3) is 0 Å². The Kier molecular flexibility index (Phi) is 5.09. The van der Waals surface area contributed by atoms with Gasteiger partial charge in [-0.3, -0.25) is 14.8 Å². The highest BCUT2D eigenvalue weighted by Crippen LogP contribution is 2.16. The van der Waals surface area contributed by atoms with Crippen molar-refractivity contribution in [2.24, 2.45) is 0 Å². The summed E-state index contributed by atoms with van der Waals surface area (Å²) in [7, 11) is -3.85. The summed E-state index contributed by atoms with van der Waals surface area (Å²) in [5.74, 6) is -2.20. The van der Waals surface area contributed by atoms with Crippen LogP contribution in [-0.2, 0) is 14.6 Å². The molecule has 120 valence electrons. The highest BCUT2D eigenvalue weighted by atomic mass is 32.2. The summed E-state index contributed by atoms with van der Waals surface area (Å²) in [6, 6.07) is 14.0. The number of hydrogen-bond donors (Lipinski definition) is 3. The number of benzene rings is 2. The fourth-order valence-corrected chi connectivity index (χ4v) is 2.95. The molecule has 0 radical (unpaired) electrons. The molecular weight excluding hydrogens is 320 g/mol. The minimum atomic E-state index is -3.85. The Hall–Kier alpha value is -2.71. The Morgan fingerprint density at radius 2 is 1.57 bits per heavy atom. The Bertz CT molecular complexity index is 802. The zero-order valence-corrected chi connectivity index (χ0v) is 12.7. The van der Waals surface area contributed by atoms with Gasteiger partial charge >= 0.3 is 0 Å². The molecule has 0 aromatic heterocycles. The van der Waals surface area contributed by atoms with E-state index in [1.807, 2.05) is 0 Å². The maximum atomic E-state index is 12.0. The summed E-state index contributed by atoms with van der Waals surface area (Å²) in [6.45, 7) is 0. The van der Waals surface area contributed by atoms with Crippen molar-refractivity contribution in [3.8, 4) is 0 Å². The minimum absolute atomic E-state index is 0.0844. The summed E-state index contributed by atoms with van der Waals surface area (Å²) in [4.78, 5) is 22.9. The van der Waals surface area contributed by atoms with Crippen molar-refractivity contribution in [3.63, 3.8) is 0 Å². The second-order valence-corrected chi connectivity index (χ2v) is 6.63. The monoisotopic (exact) mass is 334 g/mol. The molecule has 0 aliphatic heterocycles. The van der Waals surface area contributed by atoms with Crippen LogP contribution in [0.5, 0.6) is 0 Å². The third kappa shape index (κ3) is 4.38. The third-order valence-corrected chi connectivity index (χ3v) is 4.59. The lowest BCUT2D eigenvalue weighted by atomic mass is 10.2. The molecule has 0 saturated carbocycles. The fraction of sp³-hybridized carbons (Fsp3) is 0.0667. The van der Waals surface area contributed by atoms with Crippen molar-refractivity contribution in [2.45, 2.75) is 4.90 Å². The molecule has 8 heteroatoms. The number of nitrogens with one attached hydrogen (secondary N) is 2. The zero-order valence-electron chi connectivity index (χ0n) is 11.9. The molecule has 0 fully saturated rings. The molecule has 0 spiro atoms. The van der Waals surface area contributed by atoms with Gasteiger partial charge in [-0.2, -0.15) is 0 Å². The van der Waals surface area contributed by atoms with Crippen LogP contribution in [0.4, 0.5) is 5.69 Å². The molecule has 23 heavy (non-hydrogen) atoms. The lowest BCUT2D eigenvalue weighted by molar-refractivity contribution is -0.126. The maximum Gasteiger partial charge on any atom is 0.258 e. The molecule has 2 rings (SSSR count). The number of amides is 2. The minimum Gasteiger partial charge on any atom is -0.322 e. The molecule has 0 saturated heterocycles. The molecule has 3 N–H and O–H groups in total. The third-order valence-electron chi connectivity index (χ3n) is 2.95. The van der Waals surface area contributed by atoms with Crippen LogP contribution in [0.3, 0.4) is 0 Å². The molecule has 0 atom stereocenters. The number of carbonyl (C=O) groups excluding carboxylic acids is 2. The first-order valence-corrected chi connectivity index (χ1v) is 8.20. The Labute approximate surface area is 132 Å². The zero-order chi connectivity index (χ0) is 16.9. The van der Waals surface area contributed by atoms with Crippen LogP contribution in [-0.4, -0.2) is 31.2 Å². The number of hydrogen-bond acceptors (Lipinski definition) is 5. The van der Waals surface area contributed by atoms with Gasteiger partial charge < -0.3 is 5.32 Å². The number of rotatable bonds is 5. The van der Waals surface area contributed by atoms with Gasteiger partial charge in [0.05, 0.1) is 4.90 Å². The highest BCUT2D eigenvalue weighted by molar-refractivity contribution is 7.92. The van der Waals surface area contributed by atoms with E-state index >= 15 is 0 Å². The van der Waals surface area contributed by atoms with Gasteiger partial charge in [0.1, 0.15) is 5.75 Å². The molecule has 2 aromatic carbocycles. The Balaban J connectivity index is 2.11. The lowest BCUT2D eigenvalue weighted by Crippen LogP contribution is -2.27. The van der Waals surface area contributed by atoms with Crippen LogP contribution < -0.4 is 10.8 Å². The fourth-order valence-electron chi connectivity index (χ4n) is 1.83. The largest absolute Gasteiger partial charge is 0.322 e. The summed E-state index contributed by atoms with van der Waals surface area (Å²) in [5, 5.41) is 11.0. The predicted molar refractivity (Wildman–Crippen MR) is 82.8 cm³/mol. The molecule has 2 amide bonds. The van der Waals surface area contributed by atoms with Crippen LogP contribution in [0.1, 0.15) is 10.4 Å². The summed E-state index contributed by atoms with van der Waals surface area (Å²) >= 11 is 0. The average molecular weight is 334 g/mol. The molecule has 0 aliphatic rings. The van der Waals surface area contributed by atoms with E-state index < -0.39 is 21.5 Å². The van der Waals surface area contributed by atoms with Gasteiger partial charge in [0, 0.05) is 11.3 Å². The summed E-state index contributed by atoms with van der Waals surface area (Å²) in [6.07, 6.45) is 0. The number of carbonyl (C=O) groups is 2. The van der Waals surface area contributed by atoms with Crippen molar-refractivity contribution in [1.82, 2.24) is 5.48 Å². The number of hydroxylamine groups is 1. The van der Waals surface area contributed by atoms with Gasteiger partial charge in [0.25, 0.3) is 11.8 Å². The van der Waals surface area contributed by atoms with E-state index in [0.717, 1.165) is 0 Å². The van der Waals surface area contributed by atoms with Gasteiger partial charge in [-0.15, -0.1) is 0 Å². The van der Waals surface area contributed by atoms with Crippen molar-refractivity contribution >= 4 is 27.3 Å². The van der Waals surface area contributed by atoms with E-state index in [-0.39, 0.29) is 10.8 Å². The Morgan fingerprint density at radius 1 is 0.957 bits per heavy atom. The summed E-state index contributed by atoms with van der Waals surface area (Å²) < 4.78 is 23.8. The van der Waals surface area contributed by atoms with Crippen molar-refractivity contribution in [3.05, 3.63) is 60.2 Å². The highest BCUT2D eigenvalue weighted by Gasteiger charge is 2.19. The van der Waals surface area contributed by atoms with E-state index in [2.05, 4.69) is 5.32 Å². The normalized spacial score (nSPS) is 10.8. The van der Waals surface area contributed by atoms with Crippen molar-refractivity contribution in [2.75, 3.05) is 11.1 Å². The van der Waals surface area contributed by atoms with Crippen LogP contribution in [0.2, 0.25) is 0 Å². The van der Waals surface area contributed by atoms with E-state index in [0.29, 0.717) is 11.3 Å². The molecule has 7 nitrogen and oxygen atoms in total. The first-order valence-electron chi connectivity index (χ1n) is 6.54.